The van der Waals surface area contributed by atoms with Gasteiger partial charge in [0.1, 0.15) is 0 Å². The minimum atomic E-state index is 0.0799. The summed E-state index contributed by atoms with van der Waals surface area (Å²) in [6.07, 6.45) is 9.11. The second-order valence-corrected chi connectivity index (χ2v) is 6.64. The Bertz CT molecular complexity index is 611. The zero-order valence-electron chi connectivity index (χ0n) is 12.5. The highest BCUT2D eigenvalue weighted by molar-refractivity contribution is 5.70. The summed E-state index contributed by atoms with van der Waals surface area (Å²) in [7, 11) is 0. The summed E-state index contributed by atoms with van der Waals surface area (Å²) < 4.78 is 2.16. The van der Waals surface area contributed by atoms with E-state index >= 15 is 0 Å². The molecular weight excluding hydrogens is 244 g/mol. The fourth-order valence-electron chi connectivity index (χ4n) is 2.39. The fraction of sp³-hybridized carbons (Fsp3) is 0.389. The first-order chi connectivity index (χ1) is 9.54. The van der Waals surface area contributed by atoms with Crippen LogP contribution in [-0.2, 0) is 5.41 Å². The highest BCUT2D eigenvalue weighted by atomic mass is 15.3. The molecule has 0 bridgehead atoms. The van der Waals surface area contributed by atoms with E-state index in [9.17, 15) is 0 Å². The zero-order valence-corrected chi connectivity index (χ0v) is 12.5. The molecule has 20 heavy (non-hydrogen) atoms. The molecule has 0 spiro atoms. The van der Waals surface area contributed by atoms with Crippen molar-refractivity contribution in [2.45, 2.75) is 45.1 Å². The third-order valence-corrected chi connectivity index (χ3v) is 3.65. The van der Waals surface area contributed by atoms with Crippen molar-refractivity contribution in [1.29, 1.82) is 0 Å². The highest BCUT2D eigenvalue weighted by Gasteiger charge is 2.28. The van der Waals surface area contributed by atoms with Crippen LogP contribution in [0.25, 0.3) is 12.2 Å². The molecule has 1 heterocycles. The van der Waals surface area contributed by atoms with Gasteiger partial charge in [-0.25, -0.2) is 0 Å². The van der Waals surface area contributed by atoms with Crippen molar-refractivity contribution >= 4 is 12.2 Å². The molecule has 0 amide bonds. The van der Waals surface area contributed by atoms with Crippen LogP contribution in [0, 0.1) is 0 Å². The molecule has 2 nitrogen and oxygen atoms in total. The van der Waals surface area contributed by atoms with Gasteiger partial charge in [0.15, 0.2) is 0 Å². The van der Waals surface area contributed by atoms with Crippen LogP contribution in [0.2, 0.25) is 0 Å². The van der Waals surface area contributed by atoms with Crippen LogP contribution in [0.5, 0.6) is 0 Å². The minimum Gasteiger partial charge on any atom is -0.269 e. The maximum atomic E-state index is 4.82. The second-order valence-electron chi connectivity index (χ2n) is 6.64. The van der Waals surface area contributed by atoms with Crippen LogP contribution in [-0.4, -0.2) is 9.78 Å². The van der Waals surface area contributed by atoms with E-state index in [0.29, 0.717) is 6.04 Å². The molecule has 0 N–H and O–H groups in total. The average Bonchev–Trinajstić information content (AvgIpc) is 3.16. The fourth-order valence-corrected chi connectivity index (χ4v) is 2.39. The molecule has 1 saturated carbocycles. The van der Waals surface area contributed by atoms with E-state index in [0.717, 1.165) is 0 Å². The first-order valence-corrected chi connectivity index (χ1v) is 7.37. The molecule has 2 heteroatoms. The van der Waals surface area contributed by atoms with E-state index in [1.165, 1.54) is 29.7 Å². The van der Waals surface area contributed by atoms with Crippen LogP contribution in [0.4, 0.5) is 0 Å². The molecule has 2 aromatic rings. The summed E-state index contributed by atoms with van der Waals surface area (Å²) in [5.74, 6) is 0. The smallest absolute Gasteiger partial charge is 0.0750 e. The second kappa shape index (κ2) is 4.93. The maximum Gasteiger partial charge on any atom is 0.0750 e. The van der Waals surface area contributed by atoms with E-state index < -0.39 is 0 Å². The summed E-state index contributed by atoms with van der Waals surface area (Å²) >= 11 is 0. The topological polar surface area (TPSA) is 17.8 Å². The molecule has 0 saturated heterocycles. The lowest BCUT2D eigenvalue weighted by atomic mass is 9.89. The van der Waals surface area contributed by atoms with Gasteiger partial charge >= 0.3 is 0 Å². The van der Waals surface area contributed by atoms with Crippen LogP contribution < -0.4 is 0 Å². The van der Waals surface area contributed by atoms with Crippen LogP contribution in [0.3, 0.4) is 0 Å². The molecular formula is C18H22N2. The number of hydrogen-bond acceptors (Lipinski definition) is 1. The third-order valence-electron chi connectivity index (χ3n) is 3.65. The molecule has 3 rings (SSSR count). The van der Waals surface area contributed by atoms with Crippen LogP contribution in [0.15, 0.2) is 36.5 Å². The lowest BCUT2D eigenvalue weighted by molar-refractivity contribution is 0.536. The van der Waals surface area contributed by atoms with Gasteiger partial charge < -0.3 is 0 Å². The van der Waals surface area contributed by atoms with Crippen molar-refractivity contribution in [2.75, 3.05) is 0 Å². The van der Waals surface area contributed by atoms with E-state index in [1.807, 2.05) is 6.07 Å². The largest absolute Gasteiger partial charge is 0.269 e. The minimum absolute atomic E-state index is 0.0799. The van der Waals surface area contributed by atoms with Crippen molar-refractivity contribution < 1.29 is 0 Å². The van der Waals surface area contributed by atoms with Gasteiger partial charge in [-0.2, -0.15) is 5.10 Å². The molecule has 1 aliphatic carbocycles. The lowest BCUT2D eigenvalue weighted by Gasteiger charge is -2.16. The molecule has 0 unspecified atom stereocenters. The molecule has 0 aliphatic heterocycles. The van der Waals surface area contributed by atoms with Gasteiger partial charge in [-0.1, -0.05) is 63.3 Å². The summed E-state index contributed by atoms with van der Waals surface area (Å²) in [5.41, 5.74) is 3.74. The maximum absolute atomic E-state index is 4.82. The average molecular weight is 266 g/mol. The molecule has 0 radical (unpaired) electrons. The van der Waals surface area contributed by atoms with Crippen LogP contribution >= 0.6 is 0 Å². The molecule has 0 atom stereocenters. The van der Waals surface area contributed by atoms with Crippen LogP contribution in [0.1, 0.15) is 56.5 Å². The summed E-state index contributed by atoms with van der Waals surface area (Å²) in [6, 6.07) is 11.1. The summed E-state index contributed by atoms with van der Waals surface area (Å²) in [6.45, 7) is 6.69. The number of rotatable bonds is 3. The summed E-state index contributed by atoms with van der Waals surface area (Å²) in [5, 5.41) is 4.82. The molecule has 1 aromatic carbocycles. The third kappa shape index (κ3) is 2.84. The Labute approximate surface area is 121 Å². The molecule has 104 valence electrons. The standard InChI is InChI=1S/C18H22N2/c1-18(2,3)17-15(13-20(19-17)16-11-12-16)10-9-14-7-5-4-6-8-14/h4-10,13,16H,11-12H2,1-3H3/b10-9+. The van der Waals surface area contributed by atoms with E-state index in [4.69, 9.17) is 5.10 Å². The summed E-state index contributed by atoms with van der Waals surface area (Å²) in [4.78, 5) is 0. The van der Waals surface area contributed by atoms with Crippen molar-refractivity contribution in [3.05, 3.63) is 53.3 Å². The Morgan fingerprint density at radius 2 is 1.80 bits per heavy atom. The number of benzene rings is 1. The predicted molar refractivity (Wildman–Crippen MR) is 84.6 cm³/mol. The first-order valence-electron chi connectivity index (χ1n) is 7.37. The monoisotopic (exact) mass is 266 g/mol. The van der Waals surface area contributed by atoms with Crippen molar-refractivity contribution in [2.24, 2.45) is 0 Å². The normalized spacial score (nSPS) is 15.9. The van der Waals surface area contributed by atoms with Crippen molar-refractivity contribution in [3.8, 4) is 0 Å². The number of nitrogens with zero attached hydrogens (tertiary/aromatic N) is 2. The van der Waals surface area contributed by atoms with Gasteiger partial charge in [0.25, 0.3) is 0 Å². The zero-order chi connectivity index (χ0) is 14.2. The Morgan fingerprint density at radius 1 is 1.10 bits per heavy atom. The highest BCUT2D eigenvalue weighted by Crippen LogP contribution is 2.36. The van der Waals surface area contributed by atoms with Gasteiger partial charge in [0.05, 0.1) is 11.7 Å². The van der Waals surface area contributed by atoms with Gasteiger partial charge in [-0.15, -0.1) is 0 Å². The van der Waals surface area contributed by atoms with Crippen molar-refractivity contribution in [3.63, 3.8) is 0 Å². The van der Waals surface area contributed by atoms with E-state index in [2.05, 4.69) is 68.1 Å². The molecule has 1 aromatic heterocycles. The van der Waals surface area contributed by atoms with E-state index in [-0.39, 0.29) is 5.41 Å². The number of aromatic nitrogens is 2. The molecule has 1 fully saturated rings. The lowest BCUT2D eigenvalue weighted by Crippen LogP contribution is -2.14. The van der Waals surface area contributed by atoms with Crippen molar-refractivity contribution in [1.82, 2.24) is 9.78 Å². The Balaban J connectivity index is 1.93. The van der Waals surface area contributed by atoms with Gasteiger partial charge in [0, 0.05) is 17.2 Å². The number of hydrogen-bond donors (Lipinski definition) is 0. The molecule has 1 aliphatic rings. The first kappa shape index (κ1) is 13.2. The van der Waals surface area contributed by atoms with Gasteiger partial charge in [-0.05, 0) is 18.4 Å². The Morgan fingerprint density at radius 3 is 2.40 bits per heavy atom. The SMILES string of the molecule is CC(C)(C)c1nn(C2CC2)cc1/C=C/c1ccccc1. The Kier molecular flexibility index (Phi) is 3.25. The Hall–Kier alpha value is -1.83. The predicted octanol–water partition coefficient (Wildman–Crippen LogP) is 4.69. The van der Waals surface area contributed by atoms with Gasteiger partial charge in [0.2, 0.25) is 0 Å². The van der Waals surface area contributed by atoms with Gasteiger partial charge in [-0.3, -0.25) is 4.68 Å². The van der Waals surface area contributed by atoms with E-state index in [1.54, 1.807) is 0 Å². The quantitative estimate of drug-likeness (QED) is 0.788.